The number of aliphatic hydroxyl groups excluding tert-OH is 2. The van der Waals surface area contributed by atoms with Gasteiger partial charge in [-0.25, -0.2) is 0 Å². The van der Waals surface area contributed by atoms with Crippen molar-refractivity contribution in [3.63, 3.8) is 0 Å². The summed E-state index contributed by atoms with van der Waals surface area (Å²) in [7, 11) is 2.98. The molecule has 3 N–H and O–H groups in total. The molecule has 0 aliphatic carbocycles. The molecule has 1 amide bonds. The van der Waals surface area contributed by atoms with Crippen LogP contribution in [-0.2, 0) is 19.0 Å². The first-order valence-corrected chi connectivity index (χ1v) is 9.88. The van der Waals surface area contributed by atoms with Crippen molar-refractivity contribution in [3.8, 4) is 0 Å². The standard InChI is InChI=1S/C19H38N2O6/c1-14(2)11-15-19(26-4)18(24)16(22)12-27-10-6-5-7-20-8-9-21(15)17(23)13-25-3/h14-16,18-20,22,24H,5-13H2,1-4H3/t15-,16-,18-,19-/m0/s1. The van der Waals surface area contributed by atoms with Gasteiger partial charge in [0, 0.05) is 33.9 Å². The quantitative estimate of drug-likeness (QED) is 0.608. The summed E-state index contributed by atoms with van der Waals surface area (Å²) in [6.07, 6.45) is -0.516. The maximum atomic E-state index is 12.7. The molecule has 1 rings (SSSR count). The Kier molecular flexibility index (Phi) is 12.1. The molecule has 27 heavy (non-hydrogen) atoms. The number of rotatable bonds is 5. The molecule has 1 aliphatic heterocycles. The average Bonchev–Trinajstić information content (AvgIpc) is 2.62. The molecular formula is C19H38N2O6. The zero-order valence-corrected chi connectivity index (χ0v) is 17.2. The summed E-state index contributed by atoms with van der Waals surface area (Å²) in [6, 6.07) is -0.382. The molecule has 8 heteroatoms. The van der Waals surface area contributed by atoms with E-state index in [1.165, 1.54) is 14.2 Å². The molecule has 0 bridgehead atoms. The molecule has 4 atom stereocenters. The Hall–Kier alpha value is -0.770. The van der Waals surface area contributed by atoms with Gasteiger partial charge in [0.25, 0.3) is 0 Å². The fraction of sp³-hybridized carbons (Fsp3) is 0.947. The Morgan fingerprint density at radius 2 is 2.00 bits per heavy atom. The van der Waals surface area contributed by atoms with Crippen LogP contribution in [0, 0.1) is 5.92 Å². The Labute approximate surface area is 163 Å². The summed E-state index contributed by atoms with van der Waals surface area (Å²) in [6.45, 7) is 6.61. The van der Waals surface area contributed by atoms with Gasteiger partial charge in [-0.2, -0.15) is 0 Å². The Morgan fingerprint density at radius 3 is 2.63 bits per heavy atom. The summed E-state index contributed by atoms with van der Waals surface area (Å²) >= 11 is 0. The van der Waals surface area contributed by atoms with E-state index in [2.05, 4.69) is 19.2 Å². The lowest BCUT2D eigenvalue weighted by Crippen LogP contribution is -2.57. The molecule has 1 heterocycles. The molecule has 1 aliphatic rings. The number of carbonyl (C=O) groups excluding carboxylic acids is 1. The molecule has 1 fully saturated rings. The van der Waals surface area contributed by atoms with E-state index in [0.29, 0.717) is 26.1 Å². The summed E-state index contributed by atoms with van der Waals surface area (Å²) in [4.78, 5) is 14.4. The van der Waals surface area contributed by atoms with Crippen LogP contribution in [0.25, 0.3) is 0 Å². The van der Waals surface area contributed by atoms with Crippen LogP contribution in [0.2, 0.25) is 0 Å². The summed E-state index contributed by atoms with van der Waals surface area (Å²) in [5, 5.41) is 24.4. The lowest BCUT2D eigenvalue weighted by molar-refractivity contribution is -0.152. The van der Waals surface area contributed by atoms with Crippen LogP contribution in [0.5, 0.6) is 0 Å². The molecule has 0 aromatic rings. The highest BCUT2D eigenvalue weighted by atomic mass is 16.5. The van der Waals surface area contributed by atoms with Crippen LogP contribution in [0.15, 0.2) is 0 Å². The summed E-state index contributed by atoms with van der Waals surface area (Å²) in [5.41, 5.74) is 0. The van der Waals surface area contributed by atoms with Crippen LogP contribution in [0.4, 0.5) is 0 Å². The van der Waals surface area contributed by atoms with Gasteiger partial charge < -0.3 is 34.6 Å². The van der Waals surface area contributed by atoms with E-state index < -0.39 is 18.3 Å². The van der Waals surface area contributed by atoms with Crippen LogP contribution < -0.4 is 5.32 Å². The second kappa shape index (κ2) is 13.4. The molecular weight excluding hydrogens is 352 g/mol. The van der Waals surface area contributed by atoms with Crippen LogP contribution in [-0.4, -0.2) is 99.0 Å². The third-order valence-corrected chi connectivity index (χ3v) is 4.79. The van der Waals surface area contributed by atoms with E-state index in [4.69, 9.17) is 14.2 Å². The monoisotopic (exact) mass is 390 g/mol. The predicted molar refractivity (Wildman–Crippen MR) is 103 cm³/mol. The second-order valence-electron chi connectivity index (χ2n) is 7.51. The topological polar surface area (TPSA) is 100 Å². The predicted octanol–water partition coefficient (Wildman–Crippen LogP) is 0.0129. The van der Waals surface area contributed by atoms with Gasteiger partial charge in [0.2, 0.25) is 5.91 Å². The van der Waals surface area contributed by atoms with Gasteiger partial charge in [-0.1, -0.05) is 13.8 Å². The SMILES string of the molecule is COCC(=O)N1CCNCCCCOC[C@H](O)[C@H](O)[C@@H](OC)[C@@H]1CC(C)C. The normalized spacial score (nSPS) is 29.5. The Balaban J connectivity index is 3.11. The molecule has 1 saturated heterocycles. The van der Waals surface area contributed by atoms with E-state index in [1.54, 1.807) is 4.90 Å². The summed E-state index contributed by atoms with van der Waals surface area (Å²) < 4.78 is 16.1. The van der Waals surface area contributed by atoms with Crippen LogP contribution >= 0.6 is 0 Å². The highest BCUT2D eigenvalue weighted by molar-refractivity contribution is 5.77. The molecule has 0 spiro atoms. The maximum Gasteiger partial charge on any atom is 0.248 e. The number of methoxy groups -OCH3 is 2. The summed E-state index contributed by atoms with van der Waals surface area (Å²) in [5.74, 6) is 0.120. The zero-order chi connectivity index (χ0) is 20.2. The molecule has 160 valence electrons. The first kappa shape index (κ1) is 24.3. The minimum atomic E-state index is -1.16. The maximum absolute atomic E-state index is 12.7. The van der Waals surface area contributed by atoms with E-state index >= 15 is 0 Å². The zero-order valence-electron chi connectivity index (χ0n) is 17.2. The van der Waals surface area contributed by atoms with Crippen molar-refractivity contribution in [2.75, 3.05) is 53.7 Å². The van der Waals surface area contributed by atoms with Gasteiger partial charge >= 0.3 is 0 Å². The number of amides is 1. The Morgan fingerprint density at radius 1 is 1.26 bits per heavy atom. The van der Waals surface area contributed by atoms with Gasteiger partial charge in [0.05, 0.1) is 12.6 Å². The van der Waals surface area contributed by atoms with Gasteiger partial charge in [0.1, 0.15) is 24.9 Å². The van der Waals surface area contributed by atoms with Crippen molar-refractivity contribution >= 4 is 5.91 Å². The van der Waals surface area contributed by atoms with Crippen molar-refractivity contribution in [3.05, 3.63) is 0 Å². The lowest BCUT2D eigenvalue weighted by Gasteiger charge is -2.40. The molecule has 0 aromatic carbocycles. The van der Waals surface area contributed by atoms with Crippen LogP contribution in [0.3, 0.4) is 0 Å². The minimum absolute atomic E-state index is 0.0349. The number of hydrogen-bond acceptors (Lipinski definition) is 7. The fourth-order valence-electron chi connectivity index (χ4n) is 3.43. The molecule has 0 aromatic heterocycles. The minimum Gasteiger partial charge on any atom is -0.388 e. The highest BCUT2D eigenvalue weighted by Gasteiger charge is 2.38. The number of hydrogen-bond donors (Lipinski definition) is 3. The van der Waals surface area contributed by atoms with E-state index in [1.807, 2.05) is 0 Å². The van der Waals surface area contributed by atoms with Crippen molar-refractivity contribution in [2.24, 2.45) is 5.92 Å². The number of ether oxygens (including phenoxy) is 3. The fourth-order valence-corrected chi connectivity index (χ4v) is 3.43. The Bertz CT molecular complexity index is 410. The first-order chi connectivity index (χ1) is 12.9. The number of carbonyl (C=O) groups is 1. The van der Waals surface area contributed by atoms with Crippen molar-refractivity contribution in [1.82, 2.24) is 10.2 Å². The molecule has 0 unspecified atom stereocenters. The first-order valence-electron chi connectivity index (χ1n) is 9.88. The number of nitrogens with zero attached hydrogens (tertiary/aromatic N) is 1. The van der Waals surface area contributed by atoms with E-state index in [-0.39, 0.29) is 31.1 Å². The molecule has 8 nitrogen and oxygen atoms in total. The third-order valence-electron chi connectivity index (χ3n) is 4.79. The molecule has 0 saturated carbocycles. The van der Waals surface area contributed by atoms with Gasteiger partial charge in [0.15, 0.2) is 0 Å². The third kappa shape index (κ3) is 8.41. The average molecular weight is 391 g/mol. The van der Waals surface area contributed by atoms with Gasteiger partial charge in [-0.15, -0.1) is 0 Å². The van der Waals surface area contributed by atoms with Crippen molar-refractivity contribution in [2.45, 2.75) is 57.5 Å². The number of aliphatic hydroxyl groups is 2. The highest BCUT2D eigenvalue weighted by Crippen LogP contribution is 2.22. The van der Waals surface area contributed by atoms with E-state index in [0.717, 1.165) is 19.4 Å². The second-order valence-corrected chi connectivity index (χ2v) is 7.51. The van der Waals surface area contributed by atoms with Gasteiger partial charge in [-0.05, 0) is 31.7 Å². The van der Waals surface area contributed by atoms with Crippen LogP contribution in [0.1, 0.15) is 33.1 Å². The smallest absolute Gasteiger partial charge is 0.248 e. The van der Waals surface area contributed by atoms with E-state index in [9.17, 15) is 15.0 Å². The lowest BCUT2D eigenvalue weighted by atomic mass is 9.92. The van der Waals surface area contributed by atoms with Gasteiger partial charge in [-0.3, -0.25) is 4.79 Å². The largest absolute Gasteiger partial charge is 0.388 e. The van der Waals surface area contributed by atoms with Crippen molar-refractivity contribution < 1.29 is 29.2 Å². The van der Waals surface area contributed by atoms with Crippen molar-refractivity contribution in [1.29, 1.82) is 0 Å². The number of nitrogens with one attached hydrogen (secondary N) is 1. The molecule has 0 radical (unpaired) electrons.